The molecule has 1 aromatic rings. The first-order valence-electron chi connectivity index (χ1n) is 8.26. The Morgan fingerprint density at radius 1 is 1.17 bits per heavy atom. The first-order valence-corrected chi connectivity index (χ1v) is 8.26. The zero-order valence-corrected chi connectivity index (χ0v) is 15.0. The Bertz CT molecular complexity index is 538. The Hall–Kier alpha value is -1.79. The van der Waals surface area contributed by atoms with Gasteiger partial charge in [0.05, 0.1) is 20.8 Å². The highest BCUT2D eigenvalue weighted by atomic mass is 16.5. The van der Waals surface area contributed by atoms with Gasteiger partial charge in [-0.15, -0.1) is 0 Å². The second-order valence-electron chi connectivity index (χ2n) is 6.37. The van der Waals surface area contributed by atoms with Gasteiger partial charge in [-0.1, -0.05) is 0 Å². The maximum absolute atomic E-state index is 12.6. The first kappa shape index (κ1) is 18.5. The van der Waals surface area contributed by atoms with Crippen molar-refractivity contribution < 1.29 is 19.0 Å². The molecule has 6 heteroatoms. The van der Waals surface area contributed by atoms with Crippen LogP contribution in [0.2, 0.25) is 0 Å². The molecule has 2 rings (SSSR count). The second-order valence-corrected chi connectivity index (χ2v) is 6.37. The topological polar surface area (TPSA) is 68.8 Å². The molecular weight excluding hydrogens is 308 g/mol. The van der Waals surface area contributed by atoms with Crippen molar-refractivity contribution in [1.29, 1.82) is 0 Å². The summed E-state index contributed by atoms with van der Waals surface area (Å²) in [5.74, 6) is 1.17. The Labute approximate surface area is 143 Å². The molecule has 0 radical (unpaired) electrons. The summed E-state index contributed by atoms with van der Waals surface area (Å²) < 4.78 is 16.1. The Morgan fingerprint density at radius 3 is 2.25 bits per heavy atom. The fourth-order valence-electron chi connectivity index (χ4n) is 3.22. The average Bonchev–Trinajstić information content (AvgIpc) is 2.61. The van der Waals surface area contributed by atoms with E-state index in [1.165, 1.54) is 0 Å². The maximum atomic E-state index is 12.6. The highest BCUT2D eigenvalue weighted by molar-refractivity contribution is 5.95. The highest BCUT2D eigenvalue weighted by Gasteiger charge is 2.32. The lowest BCUT2D eigenvalue weighted by Crippen LogP contribution is -2.47. The van der Waals surface area contributed by atoms with Crippen molar-refractivity contribution in [2.75, 3.05) is 47.6 Å². The van der Waals surface area contributed by atoms with Gasteiger partial charge in [0.1, 0.15) is 11.5 Å². The molecule has 0 unspecified atom stereocenters. The molecule has 0 saturated carbocycles. The molecule has 0 bridgehead atoms. The normalized spacial score (nSPS) is 16.5. The average molecular weight is 336 g/mol. The maximum Gasteiger partial charge on any atom is 0.251 e. The monoisotopic (exact) mass is 336 g/mol. The van der Waals surface area contributed by atoms with E-state index in [-0.39, 0.29) is 11.3 Å². The van der Waals surface area contributed by atoms with E-state index in [2.05, 4.69) is 10.6 Å². The molecule has 0 spiro atoms. The number of ether oxygens (including phenoxy) is 3. The third-order valence-electron chi connectivity index (χ3n) is 4.75. The minimum atomic E-state index is -0.124. The van der Waals surface area contributed by atoms with Gasteiger partial charge in [0.15, 0.2) is 0 Å². The summed E-state index contributed by atoms with van der Waals surface area (Å²) in [7, 11) is 4.89. The van der Waals surface area contributed by atoms with Crippen molar-refractivity contribution in [3.63, 3.8) is 0 Å². The molecule has 1 fully saturated rings. The summed E-state index contributed by atoms with van der Waals surface area (Å²) in [5, 5.41) is 6.41. The summed E-state index contributed by atoms with van der Waals surface area (Å²) in [4.78, 5) is 12.6. The molecule has 1 aromatic carbocycles. The van der Waals surface area contributed by atoms with Crippen LogP contribution >= 0.6 is 0 Å². The SMILES string of the molecule is COCC1(CNC(=O)c2cc(OC)c(C)c(OC)c2)CCNCC1. The fraction of sp³-hybridized carbons (Fsp3) is 0.611. The first-order chi connectivity index (χ1) is 11.5. The summed E-state index contributed by atoms with van der Waals surface area (Å²) in [6.07, 6.45) is 1.98. The fourth-order valence-corrected chi connectivity index (χ4v) is 3.22. The number of methoxy groups -OCH3 is 3. The van der Waals surface area contributed by atoms with Crippen LogP contribution in [0.15, 0.2) is 12.1 Å². The second kappa shape index (κ2) is 8.35. The largest absolute Gasteiger partial charge is 0.496 e. The van der Waals surface area contributed by atoms with Crippen LogP contribution in [0.25, 0.3) is 0 Å². The molecular formula is C18H28N2O4. The lowest BCUT2D eigenvalue weighted by atomic mass is 9.79. The van der Waals surface area contributed by atoms with Crippen LogP contribution in [0.1, 0.15) is 28.8 Å². The molecule has 0 aromatic heterocycles. The minimum Gasteiger partial charge on any atom is -0.496 e. The van der Waals surface area contributed by atoms with Crippen LogP contribution < -0.4 is 20.1 Å². The van der Waals surface area contributed by atoms with Gasteiger partial charge in [0, 0.05) is 30.2 Å². The van der Waals surface area contributed by atoms with E-state index in [0.717, 1.165) is 31.5 Å². The quantitative estimate of drug-likeness (QED) is 0.794. The molecule has 1 aliphatic rings. The highest BCUT2D eigenvalue weighted by Crippen LogP contribution is 2.30. The van der Waals surface area contributed by atoms with Crippen molar-refractivity contribution in [1.82, 2.24) is 10.6 Å². The van der Waals surface area contributed by atoms with Crippen LogP contribution in [0.4, 0.5) is 0 Å². The number of amides is 1. The predicted molar refractivity (Wildman–Crippen MR) is 93.0 cm³/mol. The van der Waals surface area contributed by atoms with Gasteiger partial charge in [-0.25, -0.2) is 0 Å². The molecule has 1 heterocycles. The van der Waals surface area contributed by atoms with E-state index >= 15 is 0 Å². The van der Waals surface area contributed by atoms with Gasteiger partial charge in [-0.2, -0.15) is 0 Å². The minimum absolute atomic E-state index is 0.00543. The van der Waals surface area contributed by atoms with Gasteiger partial charge in [0.2, 0.25) is 0 Å². The molecule has 1 amide bonds. The number of carbonyl (C=O) groups excluding carboxylic acids is 1. The lowest BCUT2D eigenvalue weighted by Gasteiger charge is -2.37. The summed E-state index contributed by atoms with van der Waals surface area (Å²) in [5.41, 5.74) is 1.41. The zero-order valence-electron chi connectivity index (χ0n) is 15.0. The standard InChI is InChI=1S/C18H28N2O4/c1-13-15(23-3)9-14(10-16(13)24-4)17(21)20-11-18(12-22-2)5-7-19-8-6-18/h9-10,19H,5-8,11-12H2,1-4H3,(H,20,21). The number of carbonyl (C=O) groups is 1. The number of rotatable bonds is 7. The number of hydrogen-bond acceptors (Lipinski definition) is 5. The Kier molecular flexibility index (Phi) is 6.45. The number of nitrogens with one attached hydrogen (secondary N) is 2. The van der Waals surface area contributed by atoms with Gasteiger partial charge in [-0.3, -0.25) is 4.79 Å². The molecule has 0 atom stereocenters. The Balaban J connectivity index is 2.11. The van der Waals surface area contributed by atoms with Gasteiger partial charge in [-0.05, 0) is 45.0 Å². The molecule has 2 N–H and O–H groups in total. The van der Waals surface area contributed by atoms with E-state index in [4.69, 9.17) is 14.2 Å². The molecule has 0 aliphatic carbocycles. The van der Waals surface area contributed by atoms with E-state index in [0.29, 0.717) is 30.2 Å². The van der Waals surface area contributed by atoms with E-state index in [1.807, 2.05) is 6.92 Å². The number of hydrogen-bond donors (Lipinski definition) is 2. The smallest absolute Gasteiger partial charge is 0.251 e. The molecule has 134 valence electrons. The lowest BCUT2D eigenvalue weighted by molar-refractivity contribution is 0.0511. The van der Waals surface area contributed by atoms with Gasteiger partial charge in [0.25, 0.3) is 5.91 Å². The molecule has 1 aliphatic heterocycles. The predicted octanol–water partition coefficient (Wildman–Crippen LogP) is 1.76. The van der Waals surface area contributed by atoms with Crippen molar-refractivity contribution in [2.24, 2.45) is 5.41 Å². The van der Waals surface area contributed by atoms with Crippen LogP contribution in [0.3, 0.4) is 0 Å². The summed E-state index contributed by atoms with van der Waals surface area (Å²) in [6, 6.07) is 3.50. The molecule has 1 saturated heterocycles. The summed E-state index contributed by atoms with van der Waals surface area (Å²) >= 11 is 0. The van der Waals surface area contributed by atoms with Crippen molar-refractivity contribution in [2.45, 2.75) is 19.8 Å². The van der Waals surface area contributed by atoms with Crippen molar-refractivity contribution in [3.8, 4) is 11.5 Å². The van der Waals surface area contributed by atoms with Gasteiger partial charge >= 0.3 is 0 Å². The van der Waals surface area contributed by atoms with E-state index in [1.54, 1.807) is 33.5 Å². The van der Waals surface area contributed by atoms with Crippen LogP contribution in [0, 0.1) is 12.3 Å². The van der Waals surface area contributed by atoms with Crippen molar-refractivity contribution >= 4 is 5.91 Å². The molecule has 24 heavy (non-hydrogen) atoms. The Morgan fingerprint density at radius 2 is 1.75 bits per heavy atom. The van der Waals surface area contributed by atoms with Crippen LogP contribution in [0.5, 0.6) is 11.5 Å². The summed E-state index contributed by atoms with van der Waals surface area (Å²) in [6.45, 7) is 5.05. The van der Waals surface area contributed by atoms with Crippen molar-refractivity contribution in [3.05, 3.63) is 23.3 Å². The third kappa shape index (κ3) is 4.19. The van der Waals surface area contributed by atoms with E-state index < -0.39 is 0 Å². The van der Waals surface area contributed by atoms with Crippen LogP contribution in [-0.4, -0.2) is 53.5 Å². The number of benzene rings is 1. The molecule has 6 nitrogen and oxygen atoms in total. The van der Waals surface area contributed by atoms with Gasteiger partial charge < -0.3 is 24.8 Å². The van der Waals surface area contributed by atoms with Crippen LogP contribution in [-0.2, 0) is 4.74 Å². The van der Waals surface area contributed by atoms with E-state index in [9.17, 15) is 4.79 Å². The number of piperidine rings is 1. The third-order valence-corrected chi connectivity index (χ3v) is 4.75. The zero-order chi connectivity index (χ0) is 17.6.